The Morgan fingerprint density at radius 3 is 3.07 bits per heavy atom. The molecule has 1 rings (SSSR count). The maximum absolute atomic E-state index is 10.4. The van der Waals surface area contributed by atoms with Crippen molar-refractivity contribution >= 4 is 18.1 Å². The van der Waals surface area contributed by atoms with Crippen LogP contribution in [-0.2, 0) is 22.7 Å². The van der Waals surface area contributed by atoms with Crippen molar-refractivity contribution < 1.29 is 14.6 Å². The molecule has 0 atom stereocenters. The molecule has 1 aromatic rings. The SMILES string of the molecule is NC(=O)COCCn1c(CO)c[nH]c1=S. The average molecular weight is 231 g/mol. The number of primary amides is 1. The minimum Gasteiger partial charge on any atom is -0.390 e. The van der Waals surface area contributed by atoms with Gasteiger partial charge in [-0.1, -0.05) is 0 Å². The maximum Gasteiger partial charge on any atom is 0.243 e. The number of imidazole rings is 1. The molecule has 1 heterocycles. The van der Waals surface area contributed by atoms with E-state index in [0.717, 1.165) is 0 Å². The number of H-pyrrole nitrogens is 1. The number of hydrogen-bond donors (Lipinski definition) is 3. The van der Waals surface area contributed by atoms with E-state index >= 15 is 0 Å². The van der Waals surface area contributed by atoms with Gasteiger partial charge in [-0.3, -0.25) is 4.79 Å². The number of carbonyl (C=O) groups excluding carboxylic acids is 1. The molecule has 4 N–H and O–H groups in total. The zero-order valence-electron chi connectivity index (χ0n) is 8.10. The van der Waals surface area contributed by atoms with Gasteiger partial charge < -0.3 is 25.1 Å². The molecule has 1 amide bonds. The lowest BCUT2D eigenvalue weighted by Crippen LogP contribution is -2.20. The van der Waals surface area contributed by atoms with Gasteiger partial charge in [0, 0.05) is 12.7 Å². The van der Waals surface area contributed by atoms with Crippen LogP contribution in [-0.4, -0.2) is 33.8 Å². The van der Waals surface area contributed by atoms with Crippen LogP contribution in [0.25, 0.3) is 0 Å². The summed E-state index contributed by atoms with van der Waals surface area (Å²) in [6, 6.07) is 0. The van der Waals surface area contributed by atoms with Crippen LogP contribution in [0.2, 0.25) is 0 Å². The van der Waals surface area contributed by atoms with Crippen molar-refractivity contribution in [3.05, 3.63) is 16.7 Å². The van der Waals surface area contributed by atoms with Gasteiger partial charge in [-0.25, -0.2) is 0 Å². The van der Waals surface area contributed by atoms with Gasteiger partial charge >= 0.3 is 0 Å². The molecule has 7 heteroatoms. The van der Waals surface area contributed by atoms with E-state index in [0.29, 0.717) is 23.6 Å². The van der Waals surface area contributed by atoms with Gasteiger partial charge in [-0.2, -0.15) is 0 Å². The highest BCUT2D eigenvalue weighted by atomic mass is 32.1. The molecule has 0 aliphatic carbocycles. The number of carbonyl (C=O) groups is 1. The topological polar surface area (TPSA) is 93.3 Å². The second kappa shape index (κ2) is 5.64. The number of nitrogens with one attached hydrogen (secondary N) is 1. The molecular formula is C8H13N3O3S. The summed E-state index contributed by atoms with van der Waals surface area (Å²) in [5.41, 5.74) is 5.58. The largest absolute Gasteiger partial charge is 0.390 e. The van der Waals surface area contributed by atoms with Crippen molar-refractivity contribution in [3.8, 4) is 0 Å². The monoisotopic (exact) mass is 231 g/mol. The number of ether oxygens (including phenoxy) is 1. The third-order valence-electron chi connectivity index (χ3n) is 1.82. The van der Waals surface area contributed by atoms with Gasteiger partial charge in [0.05, 0.1) is 18.9 Å². The normalized spacial score (nSPS) is 10.5. The fraction of sp³-hybridized carbons (Fsp3) is 0.500. The second-order valence-corrected chi connectivity index (χ2v) is 3.30. The van der Waals surface area contributed by atoms with Gasteiger partial charge in [0.2, 0.25) is 5.91 Å². The molecule has 1 aromatic heterocycles. The Labute approximate surface area is 91.7 Å². The third kappa shape index (κ3) is 3.46. The Hall–Kier alpha value is -1.18. The Morgan fingerprint density at radius 2 is 2.47 bits per heavy atom. The van der Waals surface area contributed by atoms with Crippen LogP contribution in [0.15, 0.2) is 6.20 Å². The summed E-state index contributed by atoms with van der Waals surface area (Å²) in [5.74, 6) is -0.505. The summed E-state index contributed by atoms with van der Waals surface area (Å²) in [6.45, 7) is 0.600. The third-order valence-corrected chi connectivity index (χ3v) is 2.16. The van der Waals surface area contributed by atoms with E-state index in [1.54, 1.807) is 10.8 Å². The summed E-state index contributed by atoms with van der Waals surface area (Å²) in [7, 11) is 0. The number of nitrogens with zero attached hydrogens (tertiary/aromatic N) is 1. The number of hydrogen-bond acceptors (Lipinski definition) is 4. The highest BCUT2D eigenvalue weighted by molar-refractivity contribution is 7.71. The molecular weight excluding hydrogens is 218 g/mol. The van der Waals surface area contributed by atoms with Crippen molar-refractivity contribution in [1.29, 1.82) is 0 Å². The Bertz CT molecular complexity index is 385. The van der Waals surface area contributed by atoms with Crippen molar-refractivity contribution in [2.75, 3.05) is 13.2 Å². The highest BCUT2D eigenvalue weighted by Crippen LogP contribution is 2.01. The number of aliphatic hydroxyl groups excluding tert-OH is 1. The number of aliphatic hydroxyl groups is 1. The lowest BCUT2D eigenvalue weighted by atomic mass is 10.5. The van der Waals surface area contributed by atoms with Gasteiger partial charge in [-0.05, 0) is 12.2 Å². The molecule has 84 valence electrons. The molecule has 15 heavy (non-hydrogen) atoms. The first-order chi connectivity index (χ1) is 7.15. The molecule has 0 spiro atoms. The highest BCUT2D eigenvalue weighted by Gasteiger charge is 2.02. The van der Waals surface area contributed by atoms with Crippen LogP contribution >= 0.6 is 12.2 Å². The van der Waals surface area contributed by atoms with E-state index < -0.39 is 5.91 Å². The molecule has 0 unspecified atom stereocenters. The van der Waals surface area contributed by atoms with Crippen LogP contribution in [0.5, 0.6) is 0 Å². The quantitative estimate of drug-likeness (QED) is 0.456. The van der Waals surface area contributed by atoms with E-state index in [2.05, 4.69) is 4.98 Å². The predicted molar refractivity (Wildman–Crippen MR) is 55.6 cm³/mol. The Balaban J connectivity index is 2.46. The van der Waals surface area contributed by atoms with Crippen molar-refractivity contribution in [1.82, 2.24) is 9.55 Å². The first-order valence-electron chi connectivity index (χ1n) is 4.39. The predicted octanol–water partition coefficient (Wildman–Crippen LogP) is -0.460. The van der Waals surface area contributed by atoms with Gasteiger partial charge in [0.15, 0.2) is 4.77 Å². The zero-order chi connectivity index (χ0) is 11.3. The second-order valence-electron chi connectivity index (χ2n) is 2.91. The summed E-state index contributed by atoms with van der Waals surface area (Å²) in [4.78, 5) is 13.2. The molecule has 0 aliphatic rings. The summed E-state index contributed by atoms with van der Waals surface area (Å²) < 4.78 is 7.21. The number of rotatable bonds is 6. The molecule has 0 aromatic carbocycles. The smallest absolute Gasteiger partial charge is 0.243 e. The lowest BCUT2D eigenvalue weighted by Gasteiger charge is -2.06. The van der Waals surface area contributed by atoms with Crippen LogP contribution in [0.4, 0.5) is 0 Å². The van der Waals surface area contributed by atoms with Crippen molar-refractivity contribution in [2.24, 2.45) is 5.73 Å². The Kier molecular flexibility index (Phi) is 4.47. The lowest BCUT2D eigenvalue weighted by molar-refractivity contribution is -0.122. The first kappa shape index (κ1) is 11.9. The van der Waals surface area contributed by atoms with Gasteiger partial charge in [-0.15, -0.1) is 0 Å². The van der Waals surface area contributed by atoms with Gasteiger partial charge in [0.25, 0.3) is 0 Å². The number of aromatic nitrogens is 2. The molecule has 0 radical (unpaired) electrons. The minimum atomic E-state index is -0.505. The van der Waals surface area contributed by atoms with Crippen LogP contribution in [0.1, 0.15) is 5.69 Å². The number of aromatic amines is 1. The molecule has 0 saturated heterocycles. The van der Waals surface area contributed by atoms with E-state index in [4.69, 9.17) is 27.8 Å². The molecule has 0 bridgehead atoms. The standard InChI is InChI=1S/C8H13N3O3S/c9-7(13)5-14-2-1-11-6(4-12)3-10-8(11)15/h3,12H,1-2,4-5H2,(H2,9,13)(H,10,15). The maximum atomic E-state index is 10.4. The van der Waals surface area contributed by atoms with Crippen LogP contribution in [0, 0.1) is 4.77 Å². The van der Waals surface area contributed by atoms with Crippen molar-refractivity contribution in [3.63, 3.8) is 0 Å². The van der Waals surface area contributed by atoms with Crippen molar-refractivity contribution in [2.45, 2.75) is 13.2 Å². The summed E-state index contributed by atoms with van der Waals surface area (Å²) >= 11 is 4.99. The molecule has 6 nitrogen and oxygen atoms in total. The van der Waals surface area contributed by atoms with E-state index in [-0.39, 0.29) is 13.2 Å². The fourth-order valence-corrected chi connectivity index (χ4v) is 1.40. The molecule has 0 aliphatic heterocycles. The van der Waals surface area contributed by atoms with E-state index in [1.807, 2.05) is 0 Å². The Morgan fingerprint density at radius 1 is 1.73 bits per heavy atom. The zero-order valence-corrected chi connectivity index (χ0v) is 8.92. The number of nitrogens with two attached hydrogens (primary N) is 1. The molecule has 0 saturated carbocycles. The van der Waals surface area contributed by atoms with Crippen LogP contribution < -0.4 is 5.73 Å². The van der Waals surface area contributed by atoms with E-state index in [9.17, 15) is 4.79 Å². The van der Waals surface area contributed by atoms with Gasteiger partial charge in [0.1, 0.15) is 6.61 Å². The summed E-state index contributed by atoms with van der Waals surface area (Å²) in [6.07, 6.45) is 1.64. The van der Waals surface area contributed by atoms with E-state index in [1.165, 1.54) is 0 Å². The number of amides is 1. The molecule has 0 fully saturated rings. The summed E-state index contributed by atoms with van der Waals surface area (Å²) in [5, 5.41) is 8.97. The fourth-order valence-electron chi connectivity index (χ4n) is 1.14. The van der Waals surface area contributed by atoms with Crippen LogP contribution in [0.3, 0.4) is 0 Å². The average Bonchev–Trinajstić information content (AvgIpc) is 2.54. The minimum absolute atomic E-state index is 0.0943. The first-order valence-corrected chi connectivity index (χ1v) is 4.80.